The summed E-state index contributed by atoms with van der Waals surface area (Å²) >= 11 is 0. The second-order valence-electron chi connectivity index (χ2n) is 6.57. The quantitative estimate of drug-likeness (QED) is 0.570. The largest absolute Gasteiger partial charge is 0.481 e. The van der Waals surface area contributed by atoms with Crippen LogP contribution in [0, 0.1) is 47.3 Å². The summed E-state index contributed by atoms with van der Waals surface area (Å²) in [5.74, 6) is -11.0. The van der Waals surface area contributed by atoms with E-state index in [-0.39, 0.29) is 12.8 Å². The fraction of sp³-hybridized carbons (Fsp3) is 0.714. The van der Waals surface area contributed by atoms with Crippen molar-refractivity contribution in [3.8, 4) is 0 Å². The summed E-state index contributed by atoms with van der Waals surface area (Å²) in [5.41, 5.74) is 0. The van der Waals surface area contributed by atoms with Gasteiger partial charge in [-0.25, -0.2) is 0 Å². The Labute approximate surface area is 124 Å². The maximum absolute atomic E-state index is 11.5. The van der Waals surface area contributed by atoms with Crippen LogP contribution in [0.1, 0.15) is 12.8 Å². The lowest BCUT2D eigenvalue weighted by atomic mass is 9.66. The number of aliphatic carboxylic acids is 4. The minimum atomic E-state index is -1.23. The van der Waals surface area contributed by atoms with Crippen LogP contribution in [-0.4, -0.2) is 44.3 Å². The smallest absolute Gasteiger partial charge is 0.307 e. The van der Waals surface area contributed by atoms with Gasteiger partial charge in [-0.2, -0.15) is 0 Å². The zero-order chi connectivity index (χ0) is 16.3. The van der Waals surface area contributed by atoms with E-state index in [0.29, 0.717) is 0 Å². The van der Waals surface area contributed by atoms with Crippen LogP contribution >= 0.6 is 0 Å². The minimum Gasteiger partial charge on any atom is -0.481 e. The molecule has 0 aromatic heterocycles. The third-order valence-corrected chi connectivity index (χ3v) is 5.93. The van der Waals surface area contributed by atoms with Gasteiger partial charge in [0.1, 0.15) is 0 Å². The van der Waals surface area contributed by atoms with Crippen LogP contribution in [0.4, 0.5) is 0 Å². The highest BCUT2D eigenvalue weighted by Gasteiger charge is 2.69. The first-order valence-electron chi connectivity index (χ1n) is 7.17. The van der Waals surface area contributed by atoms with Gasteiger partial charge in [0.25, 0.3) is 0 Å². The van der Waals surface area contributed by atoms with Gasteiger partial charge in [0, 0.05) is 0 Å². The summed E-state index contributed by atoms with van der Waals surface area (Å²) in [5, 5.41) is 37.4. The average Bonchev–Trinajstić information content (AvgIpc) is 3.05. The Balaban J connectivity index is 2.03. The van der Waals surface area contributed by atoms with E-state index >= 15 is 0 Å². The molecular formula is C14H16O8. The minimum absolute atomic E-state index is 0.0499. The Hall–Kier alpha value is -2.12. The zero-order valence-corrected chi connectivity index (χ0v) is 11.5. The van der Waals surface area contributed by atoms with Gasteiger partial charge in [0.05, 0.1) is 23.7 Å². The lowest BCUT2D eigenvalue weighted by Gasteiger charge is -2.36. The molecule has 0 heterocycles. The molecule has 3 fully saturated rings. The van der Waals surface area contributed by atoms with Gasteiger partial charge in [0.15, 0.2) is 0 Å². The van der Waals surface area contributed by atoms with Crippen LogP contribution in [-0.2, 0) is 19.2 Å². The molecule has 0 spiro atoms. The highest BCUT2D eigenvalue weighted by Crippen LogP contribution is 2.66. The summed E-state index contributed by atoms with van der Waals surface area (Å²) in [6, 6.07) is 0. The van der Waals surface area contributed by atoms with Crippen LogP contribution < -0.4 is 0 Å². The van der Waals surface area contributed by atoms with E-state index in [2.05, 4.69) is 0 Å². The molecule has 8 heteroatoms. The van der Waals surface area contributed by atoms with E-state index < -0.39 is 71.2 Å². The van der Waals surface area contributed by atoms with Crippen molar-refractivity contribution in [1.29, 1.82) is 0 Å². The highest BCUT2D eigenvalue weighted by atomic mass is 16.4. The number of rotatable bonds is 4. The molecule has 22 heavy (non-hydrogen) atoms. The fourth-order valence-corrected chi connectivity index (χ4v) is 5.43. The van der Waals surface area contributed by atoms with Crippen molar-refractivity contribution >= 4 is 23.9 Å². The van der Waals surface area contributed by atoms with E-state index in [9.17, 15) is 39.6 Å². The van der Waals surface area contributed by atoms with Crippen molar-refractivity contribution in [2.45, 2.75) is 12.8 Å². The Kier molecular flexibility index (Phi) is 3.15. The molecule has 0 aliphatic heterocycles. The molecule has 0 aromatic rings. The van der Waals surface area contributed by atoms with Gasteiger partial charge in [-0.1, -0.05) is 0 Å². The summed E-state index contributed by atoms with van der Waals surface area (Å²) < 4.78 is 0. The van der Waals surface area contributed by atoms with Gasteiger partial charge >= 0.3 is 23.9 Å². The highest BCUT2D eigenvalue weighted by molar-refractivity contribution is 5.83. The molecule has 0 radical (unpaired) electrons. The first-order chi connectivity index (χ1) is 10.3. The third kappa shape index (κ3) is 1.75. The van der Waals surface area contributed by atoms with Crippen LogP contribution in [0.3, 0.4) is 0 Å². The monoisotopic (exact) mass is 312 g/mol. The van der Waals surface area contributed by atoms with Crippen molar-refractivity contribution in [3.05, 3.63) is 0 Å². The Morgan fingerprint density at radius 3 is 1.23 bits per heavy atom. The predicted octanol–water partition coefficient (Wildman–Crippen LogP) is 0.0754. The van der Waals surface area contributed by atoms with Crippen molar-refractivity contribution in [2.75, 3.05) is 0 Å². The summed E-state index contributed by atoms with van der Waals surface area (Å²) in [6.45, 7) is 0. The lowest BCUT2D eigenvalue weighted by Crippen LogP contribution is -2.44. The molecule has 8 nitrogen and oxygen atoms in total. The first-order valence-corrected chi connectivity index (χ1v) is 7.17. The number of carboxylic acid groups (broad SMARTS) is 4. The number of carbonyl (C=O) groups is 4. The Morgan fingerprint density at radius 2 is 0.955 bits per heavy atom. The molecular weight excluding hydrogens is 296 g/mol. The molecule has 8 atom stereocenters. The Morgan fingerprint density at radius 1 is 0.591 bits per heavy atom. The Bertz CT molecular complexity index is 521. The normalized spacial score (nSPS) is 45.5. The van der Waals surface area contributed by atoms with Crippen molar-refractivity contribution in [3.63, 3.8) is 0 Å². The van der Waals surface area contributed by atoms with Crippen molar-refractivity contribution in [2.24, 2.45) is 47.3 Å². The molecule has 0 saturated heterocycles. The van der Waals surface area contributed by atoms with E-state index in [0.717, 1.165) is 0 Å². The van der Waals surface area contributed by atoms with E-state index in [1.807, 2.05) is 0 Å². The summed E-state index contributed by atoms with van der Waals surface area (Å²) in [7, 11) is 0. The molecule has 0 aromatic carbocycles. The van der Waals surface area contributed by atoms with Gasteiger partial charge in [-0.3, -0.25) is 19.2 Å². The molecule has 3 aliphatic carbocycles. The van der Waals surface area contributed by atoms with Gasteiger partial charge < -0.3 is 20.4 Å². The van der Waals surface area contributed by atoms with Crippen molar-refractivity contribution in [1.82, 2.24) is 0 Å². The number of carboxylic acids is 4. The second-order valence-corrected chi connectivity index (χ2v) is 6.57. The number of fused-ring (bicyclic) bond motifs is 5. The first kappa shape index (κ1) is 14.8. The van der Waals surface area contributed by atoms with E-state index in [1.54, 1.807) is 0 Å². The standard InChI is InChI=1S/C14H16O8/c15-11(16)5-2-6(12(17)18)8-4-1-3(7(5)8)9(13(19)20)10(4)14(21)22/h3-10H,1-2H2,(H,15,16)(H,17,18)(H,19,20)(H,21,22). The average molecular weight is 312 g/mol. The summed E-state index contributed by atoms with van der Waals surface area (Å²) in [4.78, 5) is 45.8. The molecule has 8 unspecified atom stereocenters. The van der Waals surface area contributed by atoms with Crippen LogP contribution in [0.2, 0.25) is 0 Å². The lowest BCUT2D eigenvalue weighted by molar-refractivity contribution is -0.161. The molecule has 3 saturated carbocycles. The van der Waals surface area contributed by atoms with E-state index in [1.165, 1.54) is 0 Å². The molecule has 4 N–H and O–H groups in total. The summed E-state index contributed by atoms with van der Waals surface area (Å²) in [6.07, 6.45) is 0.239. The van der Waals surface area contributed by atoms with Gasteiger partial charge in [-0.15, -0.1) is 0 Å². The third-order valence-electron chi connectivity index (χ3n) is 5.93. The van der Waals surface area contributed by atoms with Crippen LogP contribution in [0.15, 0.2) is 0 Å². The van der Waals surface area contributed by atoms with E-state index in [4.69, 9.17) is 0 Å². The second kappa shape index (κ2) is 4.69. The van der Waals surface area contributed by atoms with Gasteiger partial charge in [0.2, 0.25) is 0 Å². The number of hydrogen-bond acceptors (Lipinski definition) is 4. The SMILES string of the molecule is O=C(O)C1CC(C(=O)O)C2C3CC(C(C(=O)O)C3C(=O)O)C12. The number of hydrogen-bond donors (Lipinski definition) is 4. The van der Waals surface area contributed by atoms with Crippen molar-refractivity contribution < 1.29 is 39.6 Å². The molecule has 2 bridgehead atoms. The predicted molar refractivity (Wildman–Crippen MR) is 67.7 cm³/mol. The maximum atomic E-state index is 11.5. The molecule has 0 amide bonds. The van der Waals surface area contributed by atoms with Gasteiger partial charge in [-0.05, 0) is 36.5 Å². The molecule has 120 valence electrons. The maximum Gasteiger partial charge on any atom is 0.307 e. The molecule has 3 rings (SSSR count). The molecule has 3 aliphatic rings. The fourth-order valence-electron chi connectivity index (χ4n) is 5.43. The van der Waals surface area contributed by atoms with Crippen LogP contribution in [0.5, 0.6) is 0 Å². The zero-order valence-electron chi connectivity index (χ0n) is 11.5. The van der Waals surface area contributed by atoms with Crippen LogP contribution in [0.25, 0.3) is 0 Å². The topological polar surface area (TPSA) is 149 Å².